The number of nitrogens with zero attached hydrogens (tertiary/aromatic N) is 3. The Morgan fingerprint density at radius 2 is 2.00 bits per heavy atom. The minimum atomic E-state index is -0.512. The number of rotatable bonds is 4. The summed E-state index contributed by atoms with van der Waals surface area (Å²) >= 11 is 0. The maximum absolute atomic E-state index is 12.7. The molecular formula is C20H25N5O. The van der Waals surface area contributed by atoms with Gasteiger partial charge in [0.1, 0.15) is 5.69 Å². The van der Waals surface area contributed by atoms with Gasteiger partial charge < -0.3 is 9.88 Å². The number of carbonyl (C=O) groups is 1. The van der Waals surface area contributed by atoms with E-state index in [-0.39, 0.29) is 5.91 Å². The van der Waals surface area contributed by atoms with Gasteiger partial charge in [0.15, 0.2) is 5.82 Å². The number of amides is 1. The Balaban J connectivity index is 1.78. The molecule has 1 aromatic carbocycles. The number of hydrogen-bond donors (Lipinski definition) is 2. The molecule has 0 bridgehead atoms. The van der Waals surface area contributed by atoms with Crippen LogP contribution in [-0.4, -0.2) is 32.6 Å². The summed E-state index contributed by atoms with van der Waals surface area (Å²) in [7, 11) is 0. The fourth-order valence-corrected chi connectivity index (χ4v) is 3.79. The standard InChI is InChI=1S/C20H25N5O/c1-6-25-17-10-15-14(9-13(17)20(4,5)19(25)26)21-18(22-15)16-8-12(23-24-16)7-11(2)3/h8-11H,6-7H2,1-5H3,(H,21,22)(H,23,24). The quantitative estimate of drug-likeness (QED) is 0.750. The molecular weight excluding hydrogens is 326 g/mol. The van der Waals surface area contributed by atoms with E-state index in [2.05, 4.69) is 41.2 Å². The molecule has 2 aromatic heterocycles. The van der Waals surface area contributed by atoms with Crippen LogP contribution >= 0.6 is 0 Å². The number of hydrogen-bond acceptors (Lipinski definition) is 3. The van der Waals surface area contributed by atoms with E-state index < -0.39 is 5.41 Å². The number of carbonyl (C=O) groups excluding carboxylic acids is 1. The lowest BCUT2D eigenvalue weighted by Crippen LogP contribution is -2.35. The van der Waals surface area contributed by atoms with Crippen LogP contribution in [0.4, 0.5) is 5.69 Å². The van der Waals surface area contributed by atoms with E-state index in [1.807, 2.05) is 31.7 Å². The number of aromatic amines is 2. The van der Waals surface area contributed by atoms with Crippen LogP contribution in [0.5, 0.6) is 0 Å². The molecule has 2 N–H and O–H groups in total. The molecule has 4 rings (SSSR count). The second kappa shape index (κ2) is 5.69. The number of benzene rings is 1. The van der Waals surface area contributed by atoms with Crippen molar-refractivity contribution in [3.05, 3.63) is 29.5 Å². The highest BCUT2D eigenvalue weighted by atomic mass is 16.2. The van der Waals surface area contributed by atoms with Gasteiger partial charge in [-0.1, -0.05) is 13.8 Å². The number of imidazole rings is 1. The zero-order valence-corrected chi connectivity index (χ0v) is 16.0. The lowest BCUT2D eigenvalue weighted by Gasteiger charge is -2.18. The van der Waals surface area contributed by atoms with Crippen molar-refractivity contribution in [1.29, 1.82) is 0 Å². The average molecular weight is 351 g/mol. The van der Waals surface area contributed by atoms with Gasteiger partial charge in [-0.05, 0) is 56.9 Å². The second-order valence-electron chi connectivity index (χ2n) is 8.02. The summed E-state index contributed by atoms with van der Waals surface area (Å²) in [6.45, 7) is 11.0. The van der Waals surface area contributed by atoms with Crippen molar-refractivity contribution >= 4 is 22.6 Å². The highest BCUT2D eigenvalue weighted by Crippen LogP contribution is 2.43. The number of aromatic nitrogens is 4. The van der Waals surface area contributed by atoms with Crippen molar-refractivity contribution in [3.8, 4) is 11.5 Å². The van der Waals surface area contributed by atoms with Gasteiger partial charge in [-0.3, -0.25) is 9.89 Å². The first kappa shape index (κ1) is 16.8. The number of H-pyrrole nitrogens is 2. The number of fused-ring (bicyclic) bond motifs is 2. The second-order valence-corrected chi connectivity index (χ2v) is 8.02. The van der Waals surface area contributed by atoms with Crippen LogP contribution in [0.1, 0.15) is 45.9 Å². The summed E-state index contributed by atoms with van der Waals surface area (Å²) in [5.74, 6) is 1.47. The average Bonchev–Trinajstić information content (AvgIpc) is 3.23. The predicted octanol–water partition coefficient (Wildman–Crippen LogP) is 3.80. The normalized spacial score (nSPS) is 16.1. The number of anilines is 1. The summed E-state index contributed by atoms with van der Waals surface area (Å²) in [6, 6.07) is 6.14. The van der Waals surface area contributed by atoms with Gasteiger partial charge in [-0.2, -0.15) is 5.10 Å². The topological polar surface area (TPSA) is 77.7 Å². The highest BCUT2D eigenvalue weighted by molar-refractivity contribution is 6.09. The largest absolute Gasteiger partial charge is 0.337 e. The van der Waals surface area contributed by atoms with Gasteiger partial charge >= 0.3 is 0 Å². The van der Waals surface area contributed by atoms with Crippen LogP contribution < -0.4 is 4.90 Å². The molecule has 0 aliphatic carbocycles. The van der Waals surface area contributed by atoms with Crippen LogP contribution in [0.2, 0.25) is 0 Å². The van der Waals surface area contributed by atoms with E-state index in [9.17, 15) is 4.79 Å². The van der Waals surface area contributed by atoms with Gasteiger partial charge in [0.05, 0.1) is 22.1 Å². The first-order chi connectivity index (χ1) is 12.3. The van der Waals surface area contributed by atoms with Gasteiger partial charge in [0, 0.05) is 12.2 Å². The van der Waals surface area contributed by atoms with Crippen molar-refractivity contribution in [2.75, 3.05) is 11.4 Å². The Labute approximate surface area is 153 Å². The van der Waals surface area contributed by atoms with E-state index in [1.54, 1.807) is 0 Å². The van der Waals surface area contributed by atoms with E-state index in [0.29, 0.717) is 12.5 Å². The lowest BCUT2D eigenvalue weighted by molar-refractivity contribution is -0.122. The summed E-state index contributed by atoms with van der Waals surface area (Å²) in [4.78, 5) is 22.6. The van der Waals surface area contributed by atoms with Crippen molar-refractivity contribution in [2.45, 2.75) is 46.5 Å². The van der Waals surface area contributed by atoms with Crippen molar-refractivity contribution in [1.82, 2.24) is 20.2 Å². The molecule has 6 nitrogen and oxygen atoms in total. The van der Waals surface area contributed by atoms with Gasteiger partial charge in [-0.25, -0.2) is 4.98 Å². The Morgan fingerprint density at radius 1 is 1.23 bits per heavy atom. The SMILES string of the molecule is CCN1C(=O)C(C)(C)c2cc3[nH]c(-c4cc(CC(C)C)[nH]n4)nc3cc21. The predicted molar refractivity (Wildman–Crippen MR) is 103 cm³/mol. The van der Waals surface area contributed by atoms with E-state index in [4.69, 9.17) is 4.98 Å². The molecule has 0 unspecified atom stereocenters. The summed E-state index contributed by atoms with van der Waals surface area (Å²) in [5, 5.41) is 7.50. The fraction of sp³-hybridized carbons (Fsp3) is 0.450. The van der Waals surface area contributed by atoms with Gasteiger partial charge in [0.25, 0.3) is 0 Å². The Kier molecular flexibility index (Phi) is 3.68. The zero-order chi connectivity index (χ0) is 18.6. The Hall–Kier alpha value is -2.63. The molecule has 136 valence electrons. The van der Waals surface area contributed by atoms with Crippen molar-refractivity contribution in [3.63, 3.8) is 0 Å². The number of likely N-dealkylation sites (N-methyl/N-ethyl adjacent to an activating group) is 1. The third kappa shape index (κ3) is 2.43. The zero-order valence-electron chi connectivity index (χ0n) is 16.0. The van der Waals surface area contributed by atoms with Crippen LogP contribution in [-0.2, 0) is 16.6 Å². The van der Waals surface area contributed by atoms with Gasteiger partial charge in [0.2, 0.25) is 5.91 Å². The van der Waals surface area contributed by atoms with Crippen LogP contribution in [0, 0.1) is 5.92 Å². The fourth-order valence-electron chi connectivity index (χ4n) is 3.79. The minimum Gasteiger partial charge on any atom is -0.337 e. The molecule has 0 saturated carbocycles. The molecule has 0 atom stereocenters. The summed E-state index contributed by atoms with van der Waals surface area (Å²) in [6.07, 6.45) is 0.962. The molecule has 26 heavy (non-hydrogen) atoms. The van der Waals surface area contributed by atoms with Gasteiger partial charge in [-0.15, -0.1) is 0 Å². The van der Waals surface area contributed by atoms with E-state index in [0.717, 1.165) is 45.9 Å². The van der Waals surface area contributed by atoms with Crippen LogP contribution in [0.25, 0.3) is 22.6 Å². The molecule has 1 amide bonds. The Bertz CT molecular complexity index is 995. The third-order valence-corrected chi connectivity index (χ3v) is 5.16. The molecule has 6 heteroatoms. The third-order valence-electron chi connectivity index (χ3n) is 5.16. The van der Waals surface area contributed by atoms with E-state index in [1.165, 1.54) is 0 Å². The molecule has 3 heterocycles. The number of nitrogens with one attached hydrogen (secondary N) is 2. The molecule has 1 aliphatic rings. The molecule has 0 spiro atoms. The maximum atomic E-state index is 12.7. The van der Waals surface area contributed by atoms with Crippen LogP contribution in [0.3, 0.4) is 0 Å². The van der Waals surface area contributed by atoms with Crippen molar-refractivity contribution in [2.24, 2.45) is 5.92 Å². The molecule has 1 aliphatic heterocycles. The summed E-state index contributed by atoms with van der Waals surface area (Å²) < 4.78 is 0. The Morgan fingerprint density at radius 3 is 2.69 bits per heavy atom. The molecule has 0 radical (unpaired) electrons. The maximum Gasteiger partial charge on any atom is 0.237 e. The van der Waals surface area contributed by atoms with Crippen LogP contribution in [0.15, 0.2) is 18.2 Å². The molecule has 0 saturated heterocycles. The monoisotopic (exact) mass is 351 g/mol. The van der Waals surface area contributed by atoms with Crippen molar-refractivity contribution < 1.29 is 4.79 Å². The molecule has 3 aromatic rings. The minimum absolute atomic E-state index is 0.147. The van der Waals surface area contributed by atoms with E-state index >= 15 is 0 Å². The highest BCUT2D eigenvalue weighted by Gasteiger charge is 2.43. The summed E-state index contributed by atoms with van der Waals surface area (Å²) in [5.41, 5.74) is 5.23. The molecule has 0 fully saturated rings. The lowest BCUT2D eigenvalue weighted by atomic mass is 9.86. The first-order valence-corrected chi connectivity index (χ1v) is 9.22. The smallest absolute Gasteiger partial charge is 0.237 e. The first-order valence-electron chi connectivity index (χ1n) is 9.22.